The van der Waals surface area contributed by atoms with Crippen LogP contribution >= 0.6 is 15.9 Å². The highest BCUT2D eigenvalue weighted by atomic mass is 79.9. The number of aliphatic hydroxyl groups excluding tert-OH is 1. The van der Waals surface area contributed by atoms with E-state index in [0.29, 0.717) is 5.92 Å². The van der Waals surface area contributed by atoms with E-state index in [9.17, 15) is 9.50 Å². The Labute approximate surface area is 150 Å². The SMILES string of the molecule is CC(C)c1c(Br)c(-c2ccc(F)cc2)c(CO)c2c1CC(C)(C)O2. The third kappa shape index (κ3) is 2.86. The molecule has 2 nitrogen and oxygen atoms in total. The summed E-state index contributed by atoms with van der Waals surface area (Å²) in [6.45, 7) is 8.30. The van der Waals surface area contributed by atoms with Gasteiger partial charge < -0.3 is 9.84 Å². The van der Waals surface area contributed by atoms with Crippen molar-refractivity contribution in [3.8, 4) is 16.9 Å². The molecule has 0 radical (unpaired) electrons. The number of benzene rings is 2. The second kappa shape index (κ2) is 6.16. The van der Waals surface area contributed by atoms with Gasteiger partial charge >= 0.3 is 0 Å². The predicted molar refractivity (Wildman–Crippen MR) is 98.0 cm³/mol. The molecular formula is C20H22BrFO2. The van der Waals surface area contributed by atoms with Crippen LogP contribution in [0.4, 0.5) is 4.39 Å². The van der Waals surface area contributed by atoms with Crippen LogP contribution < -0.4 is 4.74 Å². The minimum atomic E-state index is -0.295. The summed E-state index contributed by atoms with van der Waals surface area (Å²) in [5, 5.41) is 10.0. The zero-order valence-corrected chi connectivity index (χ0v) is 16.0. The van der Waals surface area contributed by atoms with E-state index in [-0.39, 0.29) is 18.0 Å². The van der Waals surface area contributed by atoms with Crippen LogP contribution in [0.5, 0.6) is 5.75 Å². The Morgan fingerprint density at radius 3 is 2.42 bits per heavy atom. The summed E-state index contributed by atoms with van der Waals surface area (Å²) in [5.74, 6) is 0.814. The molecule has 128 valence electrons. The van der Waals surface area contributed by atoms with Crippen LogP contribution in [-0.4, -0.2) is 10.7 Å². The van der Waals surface area contributed by atoms with Gasteiger partial charge in [0.25, 0.3) is 0 Å². The zero-order valence-electron chi connectivity index (χ0n) is 14.4. The first-order valence-electron chi connectivity index (χ1n) is 8.18. The molecule has 0 aromatic heterocycles. The lowest BCUT2D eigenvalue weighted by Crippen LogP contribution is -2.25. The van der Waals surface area contributed by atoms with Gasteiger partial charge in [0.15, 0.2) is 0 Å². The van der Waals surface area contributed by atoms with Crippen LogP contribution in [-0.2, 0) is 13.0 Å². The van der Waals surface area contributed by atoms with E-state index in [2.05, 4.69) is 43.6 Å². The fourth-order valence-corrected chi connectivity index (χ4v) is 4.69. The molecule has 0 unspecified atom stereocenters. The summed E-state index contributed by atoms with van der Waals surface area (Å²) in [6, 6.07) is 6.36. The molecule has 0 fully saturated rings. The summed E-state index contributed by atoms with van der Waals surface area (Å²) in [6.07, 6.45) is 0.811. The number of ether oxygens (including phenoxy) is 1. The molecule has 2 aromatic rings. The van der Waals surface area contributed by atoms with Gasteiger partial charge in [-0.3, -0.25) is 0 Å². The van der Waals surface area contributed by atoms with Gasteiger partial charge in [-0.1, -0.05) is 26.0 Å². The van der Waals surface area contributed by atoms with Gasteiger partial charge in [0.05, 0.1) is 6.61 Å². The fourth-order valence-electron chi connectivity index (χ4n) is 3.52. The molecule has 1 aliphatic heterocycles. The van der Waals surface area contributed by atoms with E-state index >= 15 is 0 Å². The van der Waals surface area contributed by atoms with E-state index in [4.69, 9.17) is 4.74 Å². The van der Waals surface area contributed by atoms with E-state index in [1.165, 1.54) is 17.7 Å². The Kier molecular flexibility index (Phi) is 4.47. The first-order chi connectivity index (χ1) is 11.2. The Morgan fingerprint density at radius 2 is 1.88 bits per heavy atom. The first kappa shape index (κ1) is 17.4. The molecule has 1 heterocycles. The largest absolute Gasteiger partial charge is 0.487 e. The van der Waals surface area contributed by atoms with E-state index in [1.807, 2.05) is 0 Å². The molecule has 0 saturated heterocycles. The average molecular weight is 393 g/mol. The van der Waals surface area contributed by atoms with Gasteiger partial charge in [0.1, 0.15) is 17.2 Å². The molecule has 0 spiro atoms. The molecule has 0 amide bonds. The summed E-state index contributed by atoms with van der Waals surface area (Å²) >= 11 is 3.76. The molecule has 0 bridgehead atoms. The first-order valence-corrected chi connectivity index (χ1v) is 8.97. The Balaban J connectivity index is 2.34. The molecule has 0 atom stereocenters. The molecule has 0 saturated carbocycles. The van der Waals surface area contributed by atoms with Gasteiger partial charge in [-0.25, -0.2) is 4.39 Å². The van der Waals surface area contributed by atoms with Crippen molar-refractivity contribution < 1.29 is 14.2 Å². The third-order valence-corrected chi connectivity index (χ3v) is 5.30. The number of hydrogen-bond donors (Lipinski definition) is 1. The quantitative estimate of drug-likeness (QED) is 0.737. The maximum atomic E-state index is 13.3. The topological polar surface area (TPSA) is 29.5 Å². The number of hydrogen-bond acceptors (Lipinski definition) is 2. The maximum Gasteiger partial charge on any atom is 0.129 e. The smallest absolute Gasteiger partial charge is 0.129 e. The van der Waals surface area contributed by atoms with Crippen LogP contribution in [0.2, 0.25) is 0 Å². The molecular weight excluding hydrogens is 371 g/mol. The molecule has 3 rings (SSSR count). The lowest BCUT2D eigenvalue weighted by molar-refractivity contribution is 0.134. The van der Waals surface area contributed by atoms with Crippen molar-refractivity contribution >= 4 is 15.9 Å². The standard InChI is InChI=1S/C20H22BrFO2/c1-11(2)16-14-9-20(3,4)24-19(14)15(10-23)17(18(16)21)12-5-7-13(22)8-6-12/h5-8,11,23H,9-10H2,1-4H3. The normalized spacial score (nSPS) is 15.5. The summed E-state index contributed by atoms with van der Waals surface area (Å²) in [4.78, 5) is 0. The number of rotatable bonds is 3. The van der Waals surface area contributed by atoms with Crippen molar-refractivity contribution in [2.24, 2.45) is 0 Å². The minimum Gasteiger partial charge on any atom is -0.487 e. The summed E-state index contributed by atoms with van der Waals surface area (Å²) in [5.41, 5.74) is 4.59. The van der Waals surface area contributed by atoms with Gasteiger partial charge in [0, 0.05) is 27.6 Å². The fraction of sp³-hybridized carbons (Fsp3) is 0.400. The van der Waals surface area contributed by atoms with Crippen molar-refractivity contribution in [2.75, 3.05) is 0 Å². The summed E-state index contributed by atoms with van der Waals surface area (Å²) < 4.78 is 20.5. The van der Waals surface area contributed by atoms with E-state index in [1.54, 1.807) is 12.1 Å². The van der Waals surface area contributed by atoms with Crippen LogP contribution in [0.1, 0.15) is 50.3 Å². The van der Waals surface area contributed by atoms with Gasteiger partial charge in [-0.05, 0) is 59.0 Å². The van der Waals surface area contributed by atoms with Crippen LogP contribution in [0.3, 0.4) is 0 Å². The summed E-state index contributed by atoms with van der Waals surface area (Å²) in [7, 11) is 0. The van der Waals surface area contributed by atoms with Crippen molar-refractivity contribution in [3.05, 3.63) is 51.2 Å². The zero-order chi connectivity index (χ0) is 17.6. The van der Waals surface area contributed by atoms with Gasteiger partial charge in [-0.15, -0.1) is 0 Å². The Morgan fingerprint density at radius 1 is 1.25 bits per heavy atom. The highest BCUT2D eigenvalue weighted by molar-refractivity contribution is 9.10. The second-order valence-corrected chi connectivity index (χ2v) is 8.04. The lowest BCUT2D eigenvalue weighted by atomic mass is 9.86. The van der Waals surface area contributed by atoms with Crippen molar-refractivity contribution in [1.29, 1.82) is 0 Å². The highest BCUT2D eigenvalue weighted by Gasteiger charge is 2.37. The van der Waals surface area contributed by atoms with Crippen molar-refractivity contribution in [3.63, 3.8) is 0 Å². The monoisotopic (exact) mass is 392 g/mol. The Hall–Kier alpha value is -1.39. The van der Waals surface area contributed by atoms with Crippen LogP contribution in [0, 0.1) is 5.82 Å². The molecule has 0 aliphatic carbocycles. The minimum absolute atomic E-state index is 0.123. The second-order valence-electron chi connectivity index (χ2n) is 7.25. The van der Waals surface area contributed by atoms with Crippen molar-refractivity contribution in [2.45, 2.75) is 52.2 Å². The van der Waals surface area contributed by atoms with Gasteiger partial charge in [0.2, 0.25) is 0 Å². The lowest BCUT2D eigenvalue weighted by Gasteiger charge is -2.22. The molecule has 1 aliphatic rings. The number of fused-ring (bicyclic) bond motifs is 1. The molecule has 2 aromatic carbocycles. The van der Waals surface area contributed by atoms with Crippen molar-refractivity contribution in [1.82, 2.24) is 0 Å². The van der Waals surface area contributed by atoms with Crippen LogP contribution in [0.25, 0.3) is 11.1 Å². The molecule has 24 heavy (non-hydrogen) atoms. The van der Waals surface area contributed by atoms with E-state index < -0.39 is 0 Å². The number of aliphatic hydroxyl groups is 1. The van der Waals surface area contributed by atoms with E-state index in [0.717, 1.165) is 38.9 Å². The van der Waals surface area contributed by atoms with Gasteiger partial charge in [-0.2, -0.15) is 0 Å². The molecule has 1 N–H and O–H groups in total. The van der Waals surface area contributed by atoms with Crippen LogP contribution in [0.15, 0.2) is 28.7 Å². The Bertz CT molecular complexity index is 779. The number of halogens is 2. The molecule has 4 heteroatoms. The average Bonchev–Trinajstić information content (AvgIpc) is 2.81. The maximum absolute atomic E-state index is 13.3. The highest BCUT2D eigenvalue weighted by Crippen LogP contribution is 2.50. The third-order valence-electron chi connectivity index (χ3n) is 4.48. The predicted octanol–water partition coefficient (Wildman–Crippen LogP) is 5.58.